The number of ether oxygens (including phenoxy) is 1. The van der Waals surface area contributed by atoms with Crippen molar-refractivity contribution in [2.24, 2.45) is 0 Å². The number of benzene rings is 3. The molecule has 0 saturated heterocycles. The molecule has 0 atom stereocenters. The number of alkyl halides is 2. The summed E-state index contributed by atoms with van der Waals surface area (Å²) < 4.78 is 28.8. The lowest BCUT2D eigenvalue weighted by Crippen LogP contribution is -2.26. The highest BCUT2D eigenvalue weighted by molar-refractivity contribution is 6.09. The molecule has 0 N–H and O–H groups in total. The van der Waals surface area contributed by atoms with Gasteiger partial charge in [-0.25, -0.2) is 0 Å². The van der Waals surface area contributed by atoms with Gasteiger partial charge >= 0.3 is 6.61 Å². The third kappa shape index (κ3) is 3.37. The predicted octanol–water partition coefficient (Wildman–Crippen LogP) is 4.81. The minimum atomic E-state index is -2.84. The third-order valence-electron chi connectivity index (χ3n) is 5.02. The van der Waals surface area contributed by atoms with Gasteiger partial charge in [-0.15, -0.1) is 0 Å². The monoisotopic (exact) mass is 367 g/mol. The number of carbonyl (C=O) groups excluding carboxylic acids is 1. The van der Waals surface area contributed by atoms with E-state index < -0.39 is 6.61 Å². The number of hydrogen-bond acceptors (Lipinski definition) is 2. The molecule has 1 aliphatic rings. The third-order valence-corrected chi connectivity index (χ3v) is 5.02. The Kier molecular flexibility index (Phi) is 4.52. The SMILES string of the molecule is CN(Cc1ccc(OC(F)F)cc1)C(=O)c1ccc2c3c(cccc13)CC2. The first-order chi connectivity index (χ1) is 13.0. The molecule has 0 radical (unpaired) electrons. The summed E-state index contributed by atoms with van der Waals surface area (Å²) >= 11 is 0. The first-order valence-corrected chi connectivity index (χ1v) is 8.85. The fourth-order valence-corrected chi connectivity index (χ4v) is 3.76. The topological polar surface area (TPSA) is 29.5 Å². The van der Waals surface area contributed by atoms with Crippen LogP contribution in [0.3, 0.4) is 0 Å². The maximum absolute atomic E-state index is 13.0. The second-order valence-corrected chi connectivity index (χ2v) is 6.80. The lowest BCUT2D eigenvalue weighted by atomic mass is 9.99. The average molecular weight is 367 g/mol. The van der Waals surface area contributed by atoms with Gasteiger partial charge in [0, 0.05) is 19.2 Å². The van der Waals surface area contributed by atoms with E-state index in [1.165, 1.54) is 28.6 Å². The van der Waals surface area contributed by atoms with Gasteiger partial charge in [-0.05, 0) is 58.5 Å². The van der Waals surface area contributed by atoms with Crippen molar-refractivity contribution in [3.8, 4) is 5.75 Å². The van der Waals surface area contributed by atoms with Gasteiger partial charge in [-0.2, -0.15) is 8.78 Å². The summed E-state index contributed by atoms with van der Waals surface area (Å²) in [4.78, 5) is 14.7. The molecule has 0 fully saturated rings. The van der Waals surface area contributed by atoms with Crippen molar-refractivity contribution < 1.29 is 18.3 Å². The largest absolute Gasteiger partial charge is 0.435 e. The molecule has 0 spiro atoms. The van der Waals surface area contributed by atoms with Crippen molar-refractivity contribution in [3.05, 3.63) is 76.9 Å². The Balaban J connectivity index is 1.56. The molecule has 1 amide bonds. The van der Waals surface area contributed by atoms with Gasteiger partial charge in [0.2, 0.25) is 0 Å². The van der Waals surface area contributed by atoms with E-state index in [2.05, 4.69) is 16.9 Å². The summed E-state index contributed by atoms with van der Waals surface area (Å²) in [6, 6.07) is 16.4. The molecule has 138 valence electrons. The Bertz CT molecular complexity index is 989. The van der Waals surface area contributed by atoms with E-state index in [0.29, 0.717) is 12.1 Å². The number of halogens is 2. The van der Waals surface area contributed by atoms with E-state index >= 15 is 0 Å². The first kappa shape index (κ1) is 17.5. The summed E-state index contributed by atoms with van der Waals surface area (Å²) in [6.45, 7) is -2.46. The van der Waals surface area contributed by atoms with Crippen LogP contribution in [0.15, 0.2) is 54.6 Å². The van der Waals surface area contributed by atoms with Crippen molar-refractivity contribution in [2.75, 3.05) is 7.05 Å². The van der Waals surface area contributed by atoms with Crippen LogP contribution in [0, 0.1) is 0 Å². The predicted molar refractivity (Wildman–Crippen MR) is 100 cm³/mol. The average Bonchev–Trinajstić information content (AvgIpc) is 3.08. The number of amides is 1. The smallest absolute Gasteiger partial charge is 0.387 e. The summed E-state index contributed by atoms with van der Waals surface area (Å²) in [7, 11) is 1.75. The van der Waals surface area contributed by atoms with Crippen molar-refractivity contribution in [1.29, 1.82) is 0 Å². The quantitative estimate of drug-likeness (QED) is 0.648. The van der Waals surface area contributed by atoms with Gasteiger partial charge < -0.3 is 9.64 Å². The molecule has 1 aliphatic carbocycles. The molecule has 0 heterocycles. The number of hydrogen-bond donors (Lipinski definition) is 0. The van der Waals surface area contributed by atoms with E-state index in [4.69, 9.17) is 0 Å². The van der Waals surface area contributed by atoms with Crippen LogP contribution in [0.1, 0.15) is 27.0 Å². The van der Waals surface area contributed by atoms with Crippen molar-refractivity contribution in [2.45, 2.75) is 26.0 Å². The van der Waals surface area contributed by atoms with E-state index in [-0.39, 0.29) is 11.7 Å². The highest BCUT2D eigenvalue weighted by Crippen LogP contribution is 2.33. The normalized spacial score (nSPS) is 12.6. The zero-order chi connectivity index (χ0) is 19.0. The van der Waals surface area contributed by atoms with Crippen molar-refractivity contribution >= 4 is 16.7 Å². The van der Waals surface area contributed by atoms with Crippen molar-refractivity contribution in [3.63, 3.8) is 0 Å². The lowest BCUT2D eigenvalue weighted by molar-refractivity contribution is -0.0498. The highest BCUT2D eigenvalue weighted by Gasteiger charge is 2.20. The van der Waals surface area contributed by atoms with Gasteiger partial charge in [0.1, 0.15) is 5.75 Å². The molecule has 0 aromatic heterocycles. The maximum atomic E-state index is 13.0. The molecular formula is C22H19F2NO2. The zero-order valence-electron chi connectivity index (χ0n) is 14.9. The molecule has 27 heavy (non-hydrogen) atoms. The molecule has 0 saturated carbocycles. The number of nitrogens with zero attached hydrogens (tertiary/aromatic N) is 1. The Labute approximate surface area is 156 Å². The fourth-order valence-electron chi connectivity index (χ4n) is 3.76. The molecule has 5 heteroatoms. The number of rotatable bonds is 5. The van der Waals surface area contributed by atoms with Gasteiger partial charge in [-0.1, -0.05) is 36.4 Å². The fraction of sp³-hybridized carbons (Fsp3) is 0.227. The molecule has 0 unspecified atom stereocenters. The van der Waals surface area contributed by atoms with Crippen LogP contribution >= 0.6 is 0 Å². The lowest BCUT2D eigenvalue weighted by Gasteiger charge is -2.19. The Morgan fingerprint density at radius 2 is 1.74 bits per heavy atom. The van der Waals surface area contributed by atoms with E-state index in [0.717, 1.165) is 23.8 Å². The van der Waals surface area contributed by atoms with Crippen LogP contribution in [0.5, 0.6) is 5.75 Å². The van der Waals surface area contributed by atoms with Crippen LogP contribution in [0.4, 0.5) is 8.78 Å². The van der Waals surface area contributed by atoms with Gasteiger partial charge in [0.25, 0.3) is 5.91 Å². The standard InChI is InChI=1S/C22H19F2NO2/c1-25(13-14-5-10-17(11-6-14)27-22(23)24)21(26)19-12-9-16-8-7-15-3-2-4-18(19)20(15)16/h2-6,9-12,22H,7-8,13H2,1H3. The molecule has 0 aliphatic heterocycles. The minimum absolute atomic E-state index is 0.0569. The van der Waals surface area contributed by atoms with Gasteiger partial charge in [0.05, 0.1) is 0 Å². The van der Waals surface area contributed by atoms with Crippen LogP contribution in [-0.2, 0) is 19.4 Å². The van der Waals surface area contributed by atoms with Gasteiger partial charge in [-0.3, -0.25) is 4.79 Å². The Hall–Kier alpha value is -2.95. The van der Waals surface area contributed by atoms with E-state index in [1.54, 1.807) is 24.1 Å². The molecule has 3 aromatic rings. The van der Waals surface area contributed by atoms with E-state index in [1.807, 2.05) is 18.2 Å². The molecule has 4 rings (SSSR count). The molecule has 3 aromatic carbocycles. The second-order valence-electron chi connectivity index (χ2n) is 6.80. The molecule has 0 bridgehead atoms. The Morgan fingerprint density at radius 3 is 2.44 bits per heavy atom. The van der Waals surface area contributed by atoms with Crippen LogP contribution in [-0.4, -0.2) is 24.5 Å². The summed E-state index contributed by atoms with van der Waals surface area (Å²) in [5, 5.41) is 2.21. The molecule has 3 nitrogen and oxygen atoms in total. The van der Waals surface area contributed by atoms with E-state index in [9.17, 15) is 13.6 Å². The minimum Gasteiger partial charge on any atom is -0.435 e. The number of carbonyl (C=O) groups is 1. The highest BCUT2D eigenvalue weighted by atomic mass is 19.3. The van der Waals surface area contributed by atoms with Crippen LogP contribution in [0.2, 0.25) is 0 Å². The van der Waals surface area contributed by atoms with Crippen molar-refractivity contribution in [1.82, 2.24) is 4.90 Å². The number of aryl methyl sites for hydroxylation is 2. The maximum Gasteiger partial charge on any atom is 0.387 e. The molecular weight excluding hydrogens is 348 g/mol. The second kappa shape index (κ2) is 6.99. The summed E-state index contributed by atoms with van der Waals surface area (Å²) in [5.74, 6) is 0.0498. The zero-order valence-corrected chi connectivity index (χ0v) is 14.9. The van der Waals surface area contributed by atoms with Crippen LogP contribution < -0.4 is 4.74 Å². The Morgan fingerprint density at radius 1 is 1.04 bits per heavy atom. The van der Waals surface area contributed by atoms with Crippen LogP contribution in [0.25, 0.3) is 10.8 Å². The first-order valence-electron chi connectivity index (χ1n) is 8.85. The summed E-state index contributed by atoms with van der Waals surface area (Å²) in [6.07, 6.45) is 2.04. The summed E-state index contributed by atoms with van der Waals surface area (Å²) in [5.41, 5.74) is 4.14. The van der Waals surface area contributed by atoms with Gasteiger partial charge in [0.15, 0.2) is 0 Å².